The summed E-state index contributed by atoms with van der Waals surface area (Å²) in [6.45, 7) is -1.06. The first-order chi connectivity index (χ1) is 16.1. The van der Waals surface area contributed by atoms with Gasteiger partial charge in [0.2, 0.25) is 0 Å². The molecule has 3 aromatic rings. The first kappa shape index (κ1) is 23.8. The van der Waals surface area contributed by atoms with Gasteiger partial charge in [-0.2, -0.15) is 0 Å². The molecule has 0 spiro atoms. The van der Waals surface area contributed by atoms with Crippen LogP contribution < -0.4 is 10.6 Å². The average molecular weight is 450 g/mol. The molecule has 0 unspecified atom stereocenters. The Morgan fingerprint density at radius 2 is 1.00 bits per heavy atom. The third-order valence-electron chi connectivity index (χ3n) is 4.68. The molecule has 8 nitrogen and oxygen atoms in total. The van der Waals surface area contributed by atoms with E-state index in [4.69, 9.17) is 9.47 Å². The summed E-state index contributed by atoms with van der Waals surface area (Å²) in [4.78, 5) is 25.5. The van der Waals surface area contributed by atoms with Gasteiger partial charge in [-0.3, -0.25) is 0 Å². The highest BCUT2D eigenvalue weighted by Crippen LogP contribution is 2.22. The van der Waals surface area contributed by atoms with Gasteiger partial charge >= 0.3 is 11.9 Å². The van der Waals surface area contributed by atoms with Crippen LogP contribution >= 0.6 is 0 Å². The molecule has 4 N–H and O–H groups in total. The molecule has 0 aliphatic carbocycles. The highest BCUT2D eigenvalue weighted by molar-refractivity contribution is 5.81. The fourth-order valence-electron chi connectivity index (χ4n) is 2.97. The minimum absolute atomic E-state index is 0.423. The summed E-state index contributed by atoms with van der Waals surface area (Å²) < 4.78 is 10.9. The molecule has 172 valence electrons. The lowest BCUT2D eigenvalue weighted by molar-refractivity contribution is -0.191. The monoisotopic (exact) mass is 450 g/mol. The maximum Gasteiger partial charge on any atom is 0.334 e. The molecular formula is C25H26N2O6. The maximum absolute atomic E-state index is 12.8. The van der Waals surface area contributed by atoms with Gasteiger partial charge < -0.3 is 30.3 Å². The molecule has 3 rings (SSSR count). The molecule has 8 heteroatoms. The number of hydrogen-bond acceptors (Lipinski definition) is 8. The van der Waals surface area contributed by atoms with Gasteiger partial charge in [-0.25, -0.2) is 9.59 Å². The largest absolute Gasteiger partial charge is 0.419 e. The van der Waals surface area contributed by atoms with Crippen molar-refractivity contribution in [1.82, 2.24) is 0 Å². The Labute approximate surface area is 191 Å². The van der Waals surface area contributed by atoms with Gasteiger partial charge in [0.25, 0.3) is 6.29 Å². The van der Waals surface area contributed by atoms with Gasteiger partial charge in [0.15, 0.2) is 0 Å². The number of anilines is 2. The number of hydrogen-bond donors (Lipinski definition) is 4. The van der Waals surface area contributed by atoms with Gasteiger partial charge in [-0.05, 0) is 24.3 Å². The molecule has 0 aliphatic rings. The highest BCUT2D eigenvalue weighted by Gasteiger charge is 2.29. The zero-order valence-corrected chi connectivity index (χ0v) is 17.8. The van der Waals surface area contributed by atoms with Crippen molar-refractivity contribution in [1.29, 1.82) is 0 Å². The van der Waals surface area contributed by atoms with Gasteiger partial charge in [-0.15, -0.1) is 0 Å². The SMILES string of the molecule is O=C(OC(OC(=O)[C@H](CO)Nc1ccccc1)c1ccccc1)[C@H](CO)Nc1ccccc1. The van der Waals surface area contributed by atoms with Crippen LogP contribution in [0.5, 0.6) is 0 Å². The second-order valence-electron chi connectivity index (χ2n) is 7.11. The van der Waals surface area contributed by atoms with E-state index in [0.717, 1.165) is 0 Å². The van der Waals surface area contributed by atoms with Crippen LogP contribution in [0.3, 0.4) is 0 Å². The van der Waals surface area contributed by atoms with E-state index in [1.165, 1.54) is 0 Å². The van der Waals surface area contributed by atoms with Crippen LogP contribution in [0.1, 0.15) is 11.9 Å². The molecule has 0 aliphatic heterocycles. The second kappa shape index (κ2) is 12.2. The standard InChI is InChI=1S/C25H26N2O6/c28-16-21(26-19-12-6-2-7-13-19)23(30)32-25(18-10-4-1-5-11-18)33-24(31)22(17-29)27-20-14-8-3-9-15-20/h1-15,21-22,25-29H,16-17H2/t21-,22-/m0/s1. The van der Waals surface area contributed by atoms with Crippen molar-refractivity contribution in [3.05, 3.63) is 96.6 Å². The van der Waals surface area contributed by atoms with Crippen molar-refractivity contribution in [3.8, 4) is 0 Å². The Balaban J connectivity index is 1.72. The van der Waals surface area contributed by atoms with E-state index in [1.54, 1.807) is 78.9 Å². The second-order valence-corrected chi connectivity index (χ2v) is 7.11. The van der Waals surface area contributed by atoms with Crippen LogP contribution in [0, 0.1) is 0 Å². The van der Waals surface area contributed by atoms with Crippen LogP contribution in [-0.2, 0) is 19.1 Å². The summed E-state index contributed by atoms with van der Waals surface area (Å²) in [5.74, 6) is -1.61. The van der Waals surface area contributed by atoms with Crippen LogP contribution in [0.25, 0.3) is 0 Å². The van der Waals surface area contributed by atoms with E-state index >= 15 is 0 Å². The number of para-hydroxylation sites is 2. The van der Waals surface area contributed by atoms with Crippen molar-refractivity contribution in [2.75, 3.05) is 23.8 Å². The minimum atomic E-state index is -1.37. The molecule has 0 bridgehead atoms. The minimum Gasteiger partial charge on any atom is -0.419 e. The number of aliphatic hydroxyl groups is 2. The fourth-order valence-corrected chi connectivity index (χ4v) is 2.97. The van der Waals surface area contributed by atoms with E-state index in [9.17, 15) is 19.8 Å². The molecule has 2 atom stereocenters. The number of esters is 2. The van der Waals surface area contributed by atoms with Gasteiger partial charge in [0.1, 0.15) is 12.1 Å². The van der Waals surface area contributed by atoms with Crippen LogP contribution in [0.15, 0.2) is 91.0 Å². The van der Waals surface area contributed by atoms with Crippen molar-refractivity contribution >= 4 is 23.3 Å². The Hall–Kier alpha value is -3.88. The number of benzene rings is 3. The summed E-state index contributed by atoms with van der Waals surface area (Å²) in [5.41, 5.74) is 1.66. The van der Waals surface area contributed by atoms with E-state index in [2.05, 4.69) is 10.6 Å². The summed E-state index contributed by atoms with van der Waals surface area (Å²) in [6, 6.07) is 24.1. The molecule has 0 saturated heterocycles. The predicted octanol–water partition coefficient (Wildman–Crippen LogP) is 2.72. The van der Waals surface area contributed by atoms with Crippen molar-refractivity contribution < 1.29 is 29.3 Å². The summed E-state index contributed by atoms with van der Waals surface area (Å²) in [7, 11) is 0. The van der Waals surface area contributed by atoms with E-state index in [0.29, 0.717) is 16.9 Å². The number of ether oxygens (including phenoxy) is 2. The molecule has 3 aromatic carbocycles. The van der Waals surface area contributed by atoms with Gasteiger partial charge in [0, 0.05) is 16.9 Å². The van der Waals surface area contributed by atoms with Crippen molar-refractivity contribution in [3.63, 3.8) is 0 Å². The Morgan fingerprint density at radius 3 is 1.36 bits per heavy atom. The summed E-state index contributed by atoms with van der Waals surface area (Å²) in [6.07, 6.45) is -1.37. The van der Waals surface area contributed by atoms with Crippen molar-refractivity contribution in [2.45, 2.75) is 18.4 Å². The van der Waals surface area contributed by atoms with Crippen molar-refractivity contribution in [2.24, 2.45) is 0 Å². The highest BCUT2D eigenvalue weighted by atomic mass is 16.7. The zero-order chi connectivity index (χ0) is 23.5. The number of rotatable bonds is 11. The van der Waals surface area contributed by atoms with E-state index in [-0.39, 0.29) is 0 Å². The smallest absolute Gasteiger partial charge is 0.334 e. The third-order valence-corrected chi connectivity index (χ3v) is 4.68. The first-order valence-electron chi connectivity index (χ1n) is 10.4. The summed E-state index contributed by atoms with van der Waals surface area (Å²) >= 11 is 0. The summed E-state index contributed by atoms with van der Waals surface area (Å²) in [5, 5.41) is 25.2. The Kier molecular flexibility index (Phi) is 8.81. The molecule has 0 aromatic heterocycles. The lowest BCUT2D eigenvalue weighted by atomic mass is 10.2. The number of carbonyl (C=O) groups is 2. The normalized spacial score (nSPS) is 12.5. The molecule has 0 fully saturated rings. The van der Waals surface area contributed by atoms with E-state index in [1.807, 2.05) is 12.1 Å². The average Bonchev–Trinajstić information content (AvgIpc) is 2.87. The van der Waals surface area contributed by atoms with Gasteiger partial charge in [-0.1, -0.05) is 66.7 Å². The molecule has 33 heavy (non-hydrogen) atoms. The lowest BCUT2D eigenvalue weighted by Crippen LogP contribution is -2.39. The molecule has 0 saturated carbocycles. The molecular weight excluding hydrogens is 424 g/mol. The molecule has 0 heterocycles. The van der Waals surface area contributed by atoms with Crippen LogP contribution in [0.2, 0.25) is 0 Å². The zero-order valence-electron chi connectivity index (χ0n) is 17.8. The fraction of sp³-hybridized carbons (Fsp3) is 0.200. The van der Waals surface area contributed by atoms with E-state index < -0.39 is 43.5 Å². The number of carbonyl (C=O) groups excluding carboxylic acids is 2. The first-order valence-corrected chi connectivity index (χ1v) is 10.4. The quantitative estimate of drug-likeness (QED) is 0.260. The predicted molar refractivity (Wildman–Crippen MR) is 123 cm³/mol. The van der Waals surface area contributed by atoms with Gasteiger partial charge in [0.05, 0.1) is 13.2 Å². The number of aliphatic hydroxyl groups excluding tert-OH is 2. The van der Waals surface area contributed by atoms with Crippen LogP contribution in [0.4, 0.5) is 11.4 Å². The maximum atomic E-state index is 12.8. The topological polar surface area (TPSA) is 117 Å². The number of nitrogens with one attached hydrogen (secondary N) is 2. The Morgan fingerprint density at radius 1 is 0.636 bits per heavy atom. The lowest BCUT2D eigenvalue weighted by Gasteiger charge is -2.24. The van der Waals surface area contributed by atoms with Crippen LogP contribution in [-0.4, -0.2) is 47.4 Å². The third kappa shape index (κ3) is 7.06. The Bertz CT molecular complexity index is 938. The molecule has 0 radical (unpaired) electrons. The molecule has 0 amide bonds.